The molecule has 0 saturated carbocycles. The summed E-state index contributed by atoms with van der Waals surface area (Å²) in [5, 5.41) is 6.28. The average molecular weight is 301 g/mol. The van der Waals surface area contributed by atoms with Gasteiger partial charge in [-0.05, 0) is 49.9 Å². The Labute approximate surface area is 125 Å². The molecule has 3 nitrogen and oxygen atoms in total. The number of halogens is 1. The number of carbonyl (C=O) groups excluding carboxylic acids is 1. The van der Waals surface area contributed by atoms with Gasteiger partial charge in [0, 0.05) is 17.4 Å². The zero-order chi connectivity index (χ0) is 12.8. The smallest absolute Gasteiger partial charge is 0.227 e. The van der Waals surface area contributed by atoms with Gasteiger partial charge in [0.05, 0.1) is 0 Å². The molecule has 1 aromatic carbocycles. The van der Waals surface area contributed by atoms with Crippen molar-refractivity contribution in [1.29, 1.82) is 0 Å². The molecule has 0 aromatic heterocycles. The van der Waals surface area contributed by atoms with Gasteiger partial charge in [-0.15, -0.1) is 12.4 Å². The molecule has 19 heavy (non-hydrogen) atoms. The van der Waals surface area contributed by atoms with Gasteiger partial charge in [0.25, 0.3) is 0 Å². The van der Waals surface area contributed by atoms with Crippen LogP contribution in [0.5, 0.6) is 0 Å². The lowest BCUT2D eigenvalue weighted by Crippen LogP contribution is -2.34. The van der Waals surface area contributed by atoms with Crippen LogP contribution in [-0.4, -0.2) is 25.3 Å². The van der Waals surface area contributed by atoms with Gasteiger partial charge in [-0.3, -0.25) is 4.79 Å². The molecule has 0 bridgehead atoms. The Morgan fingerprint density at radius 3 is 2.53 bits per heavy atom. The maximum atomic E-state index is 12.0. The maximum absolute atomic E-state index is 12.0. The molecule has 0 atom stereocenters. The molecule has 1 aliphatic rings. The quantitative estimate of drug-likeness (QED) is 0.898. The average Bonchev–Trinajstić information content (AvgIpc) is 2.42. The van der Waals surface area contributed by atoms with E-state index in [1.54, 1.807) is 11.8 Å². The first-order chi connectivity index (χ1) is 8.79. The number of anilines is 1. The first-order valence-corrected chi connectivity index (χ1v) is 7.78. The minimum atomic E-state index is 0. The molecule has 2 N–H and O–H groups in total. The van der Waals surface area contributed by atoms with Gasteiger partial charge in [0.15, 0.2) is 0 Å². The van der Waals surface area contributed by atoms with Gasteiger partial charge < -0.3 is 10.6 Å². The highest BCUT2D eigenvalue weighted by Crippen LogP contribution is 2.17. The van der Waals surface area contributed by atoms with Crippen LogP contribution >= 0.6 is 24.2 Å². The molecule has 106 valence electrons. The van der Waals surface area contributed by atoms with Gasteiger partial charge in [-0.25, -0.2) is 0 Å². The summed E-state index contributed by atoms with van der Waals surface area (Å²) in [5.41, 5.74) is 2.20. The summed E-state index contributed by atoms with van der Waals surface area (Å²) in [7, 11) is 0. The molecule has 1 aromatic rings. The van der Waals surface area contributed by atoms with Crippen molar-refractivity contribution in [2.45, 2.75) is 18.6 Å². The maximum Gasteiger partial charge on any atom is 0.227 e. The Morgan fingerprint density at radius 1 is 1.32 bits per heavy atom. The number of hydrogen-bond donors (Lipinski definition) is 2. The van der Waals surface area contributed by atoms with Crippen LogP contribution in [-0.2, 0) is 10.5 Å². The van der Waals surface area contributed by atoms with E-state index in [9.17, 15) is 4.79 Å². The Morgan fingerprint density at radius 2 is 1.95 bits per heavy atom. The van der Waals surface area contributed by atoms with Crippen LogP contribution < -0.4 is 10.6 Å². The van der Waals surface area contributed by atoms with Crippen LogP contribution in [0, 0.1) is 5.92 Å². The molecule has 0 aliphatic carbocycles. The summed E-state index contributed by atoms with van der Waals surface area (Å²) >= 11 is 1.80. The molecule has 1 aliphatic heterocycles. The first kappa shape index (κ1) is 16.3. The number of thioether (sulfide) groups is 1. The molecule has 1 heterocycles. The van der Waals surface area contributed by atoms with Crippen molar-refractivity contribution in [2.75, 3.05) is 24.7 Å². The van der Waals surface area contributed by atoms with Crippen LogP contribution in [0.2, 0.25) is 0 Å². The zero-order valence-corrected chi connectivity index (χ0v) is 12.8. The molecule has 1 saturated heterocycles. The molecule has 0 unspecified atom stereocenters. The predicted molar refractivity (Wildman–Crippen MR) is 85.1 cm³/mol. The van der Waals surface area contributed by atoms with E-state index in [4.69, 9.17) is 0 Å². The summed E-state index contributed by atoms with van der Waals surface area (Å²) < 4.78 is 0. The Bertz CT molecular complexity index is 391. The highest BCUT2D eigenvalue weighted by atomic mass is 35.5. The second kappa shape index (κ2) is 8.46. The fraction of sp³-hybridized carbons (Fsp3) is 0.500. The van der Waals surface area contributed by atoms with E-state index >= 15 is 0 Å². The Hall–Kier alpha value is -0.710. The SMILES string of the molecule is CSCc1ccc(NC(=O)C2CCNCC2)cc1.Cl. The molecule has 0 spiro atoms. The fourth-order valence-corrected chi connectivity index (χ4v) is 2.71. The number of carbonyl (C=O) groups is 1. The van der Waals surface area contributed by atoms with E-state index < -0.39 is 0 Å². The highest BCUT2D eigenvalue weighted by molar-refractivity contribution is 7.97. The molecule has 1 fully saturated rings. The van der Waals surface area contributed by atoms with E-state index in [1.807, 2.05) is 12.1 Å². The van der Waals surface area contributed by atoms with E-state index in [-0.39, 0.29) is 24.2 Å². The number of rotatable bonds is 4. The molecular formula is C14H21ClN2OS. The third-order valence-electron chi connectivity index (χ3n) is 3.24. The monoisotopic (exact) mass is 300 g/mol. The Kier molecular flexibility index (Phi) is 7.28. The van der Waals surface area contributed by atoms with Gasteiger partial charge in [0.2, 0.25) is 5.91 Å². The molecular weight excluding hydrogens is 280 g/mol. The zero-order valence-electron chi connectivity index (χ0n) is 11.1. The topological polar surface area (TPSA) is 41.1 Å². The number of hydrogen-bond acceptors (Lipinski definition) is 3. The lowest BCUT2D eigenvalue weighted by Gasteiger charge is -2.21. The summed E-state index contributed by atoms with van der Waals surface area (Å²) in [6, 6.07) is 8.14. The van der Waals surface area contributed by atoms with Crippen LogP contribution in [0.15, 0.2) is 24.3 Å². The number of nitrogens with one attached hydrogen (secondary N) is 2. The Balaban J connectivity index is 0.00000180. The van der Waals surface area contributed by atoms with Crippen molar-refractivity contribution in [3.05, 3.63) is 29.8 Å². The lowest BCUT2D eigenvalue weighted by molar-refractivity contribution is -0.120. The standard InChI is InChI=1S/C14H20N2OS.ClH/c1-18-10-11-2-4-13(5-3-11)16-14(17)12-6-8-15-9-7-12;/h2-5,12,15H,6-10H2,1H3,(H,16,17);1H. The van der Waals surface area contributed by atoms with Gasteiger partial charge in [-0.1, -0.05) is 12.1 Å². The van der Waals surface area contributed by atoms with Crippen molar-refractivity contribution < 1.29 is 4.79 Å². The normalized spacial score (nSPS) is 15.6. The van der Waals surface area contributed by atoms with Gasteiger partial charge in [-0.2, -0.15) is 11.8 Å². The number of benzene rings is 1. The number of piperidine rings is 1. The summed E-state index contributed by atoms with van der Waals surface area (Å²) in [6.07, 6.45) is 3.97. The fourth-order valence-electron chi connectivity index (χ4n) is 2.18. The van der Waals surface area contributed by atoms with Crippen molar-refractivity contribution in [1.82, 2.24) is 5.32 Å². The summed E-state index contributed by atoms with van der Waals surface area (Å²) in [6.45, 7) is 1.90. The third-order valence-corrected chi connectivity index (χ3v) is 3.86. The van der Waals surface area contributed by atoms with Crippen LogP contribution in [0.4, 0.5) is 5.69 Å². The minimum absolute atomic E-state index is 0. The van der Waals surface area contributed by atoms with E-state index in [0.717, 1.165) is 37.4 Å². The molecule has 2 rings (SSSR count). The van der Waals surface area contributed by atoms with E-state index in [0.29, 0.717) is 0 Å². The highest BCUT2D eigenvalue weighted by Gasteiger charge is 2.20. The van der Waals surface area contributed by atoms with E-state index in [2.05, 4.69) is 29.0 Å². The van der Waals surface area contributed by atoms with Gasteiger partial charge >= 0.3 is 0 Å². The van der Waals surface area contributed by atoms with E-state index in [1.165, 1.54) is 5.56 Å². The number of amides is 1. The summed E-state index contributed by atoms with van der Waals surface area (Å²) in [5.74, 6) is 1.34. The van der Waals surface area contributed by atoms with Crippen LogP contribution in [0.3, 0.4) is 0 Å². The largest absolute Gasteiger partial charge is 0.326 e. The molecule has 1 amide bonds. The van der Waals surface area contributed by atoms with Crippen LogP contribution in [0.1, 0.15) is 18.4 Å². The summed E-state index contributed by atoms with van der Waals surface area (Å²) in [4.78, 5) is 12.0. The lowest BCUT2D eigenvalue weighted by atomic mass is 9.97. The van der Waals surface area contributed by atoms with Crippen molar-refractivity contribution in [2.24, 2.45) is 5.92 Å². The minimum Gasteiger partial charge on any atom is -0.326 e. The second-order valence-electron chi connectivity index (χ2n) is 4.64. The van der Waals surface area contributed by atoms with Crippen molar-refractivity contribution in [3.63, 3.8) is 0 Å². The van der Waals surface area contributed by atoms with Crippen molar-refractivity contribution in [3.8, 4) is 0 Å². The predicted octanol–water partition coefficient (Wildman–Crippen LogP) is 2.91. The third kappa shape index (κ3) is 5.05. The van der Waals surface area contributed by atoms with Crippen LogP contribution in [0.25, 0.3) is 0 Å². The van der Waals surface area contributed by atoms with Gasteiger partial charge in [0.1, 0.15) is 0 Å². The first-order valence-electron chi connectivity index (χ1n) is 6.39. The molecule has 5 heteroatoms. The van der Waals surface area contributed by atoms with Crippen molar-refractivity contribution >= 4 is 35.8 Å². The second-order valence-corrected chi connectivity index (χ2v) is 5.51. The molecule has 0 radical (unpaired) electrons.